The number of thioether (sulfide) groups is 1. The molecule has 0 aromatic rings. The maximum Gasteiger partial charge on any atom is 0.355 e. The van der Waals surface area contributed by atoms with Crippen molar-refractivity contribution in [1.82, 2.24) is 4.90 Å². The molecule has 1 aliphatic rings. The van der Waals surface area contributed by atoms with Crippen molar-refractivity contribution in [3.63, 3.8) is 0 Å². The molecular weight excluding hydrogens is 278 g/mol. The lowest BCUT2D eigenvalue weighted by Crippen LogP contribution is -2.35. The van der Waals surface area contributed by atoms with Crippen LogP contribution in [0.5, 0.6) is 0 Å². The lowest BCUT2D eigenvalue weighted by atomic mass is 10.2. The van der Waals surface area contributed by atoms with Crippen molar-refractivity contribution in [2.24, 2.45) is 0 Å². The molecule has 0 spiro atoms. The van der Waals surface area contributed by atoms with Crippen LogP contribution >= 0.6 is 11.8 Å². The van der Waals surface area contributed by atoms with Crippen molar-refractivity contribution in [1.29, 1.82) is 0 Å². The first kappa shape index (κ1) is 16.8. The highest BCUT2D eigenvalue weighted by molar-refractivity contribution is 8.13. The SMILES string of the molecule is CC(=O)SCCC(=O)N1CCC=C1C(=O)OC(C)(C)C. The predicted molar refractivity (Wildman–Crippen MR) is 78.0 cm³/mol. The second-order valence-corrected chi connectivity index (χ2v) is 6.79. The van der Waals surface area contributed by atoms with E-state index in [1.807, 2.05) is 0 Å². The van der Waals surface area contributed by atoms with Crippen LogP contribution in [-0.4, -0.2) is 39.8 Å². The molecule has 0 saturated heterocycles. The van der Waals surface area contributed by atoms with Crippen LogP contribution in [0.3, 0.4) is 0 Å². The summed E-state index contributed by atoms with van der Waals surface area (Å²) < 4.78 is 5.28. The largest absolute Gasteiger partial charge is 0.455 e. The Hall–Kier alpha value is -1.30. The number of esters is 1. The second kappa shape index (κ2) is 6.92. The first-order valence-corrected chi connectivity index (χ1v) is 7.56. The minimum atomic E-state index is -0.584. The quantitative estimate of drug-likeness (QED) is 0.744. The second-order valence-electron chi connectivity index (χ2n) is 5.52. The van der Waals surface area contributed by atoms with Crippen molar-refractivity contribution < 1.29 is 19.1 Å². The summed E-state index contributed by atoms with van der Waals surface area (Å²) in [4.78, 5) is 36.4. The van der Waals surface area contributed by atoms with Gasteiger partial charge in [0.1, 0.15) is 11.3 Å². The van der Waals surface area contributed by atoms with E-state index in [0.717, 1.165) is 11.8 Å². The van der Waals surface area contributed by atoms with E-state index < -0.39 is 11.6 Å². The minimum Gasteiger partial charge on any atom is -0.455 e. The average molecular weight is 299 g/mol. The Labute approximate surface area is 123 Å². The van der Waals surface area contributed by atoms with Gasteiger partial charge in [-0.15, -0.1) is 0 Å². The molecule has 0 N–H and O–H groups in total. The number of hydrogen-bond donors (Lipinski definition) is 0. The standard InChI is InChI=1S/C14H21NO4S/c1-10(16)20-9-7-12(17)15-8-5-6-11(15)13(18)19-14(2,3)4/h6H,5,7-9H2,1-4H3. The highest BCUT2D eigenvalue weighted by Gasteiger charge is 2.30. The molecule has 6 heteroatoms. The van der Waals surface area contributed by atoms with E-state index >= 15 is 0 Å². The molecule has 20 heavy (non-hydrogen) atoms. The molecule has 1 heterocycles. The molecule has 0 aliphatic carbocycles. The topological polar surface area (TPSA) is 63.7 Å². The molecule has 0 bridgehead atoms. The molecule has 1 aliphatic heterocycles. The summed E-state index contributed by atoms with van der Waals surface area (Å²) in [6.07, 6.45) is 2.62. The zero-order valence-electron chi connectivity index (χ0n) is 12.4. The Balaban J connectivity index is 2.58. The van der Waals surface area contributed by atoms with E-state index in [1.54, 1.807) is 26.8 Å². The van der Waals surface area contributed by atoms with E-state index in [9.17, 15) is 14.4 Å². The smallest absolute Gasteiger partial charge is 0.355 e. The Morgan fingerprint density at radius 1 is 1.35 bits per heavy atom. The van der Waals surface area contributed by atoms with Gasteiger partial charge in [0.15, 0.2) is 5.12 Å². The van der Waals surface area contributed by atoms with Gasteiger partial charge < -0.3 is 9.64 Å². The molecule has 0 fully saturated rings. The molecule has 1 amide bonds. The monoisotopic (exact) mass is 299 g/mol. The minimum absolute atomic E-state index is 0.0119. The first-order valence-electron chi connectivity index (χ1n) is 6.58. The number of nitrogens with zero attached hydrogens (tertiary/aromatic N) is 1. The van der Waals surface area contributed by atoms with Gasteiger partial charge in [-0.2, -0.15) is 0 Å². The van der Waals surface area contributed by atoms with E-state index in [0.29, 0.717) is 24.4 Å². The van der Waals surface area contributed by atoms with Crippen molar-refractivity contribution in [2.45, 2.75) is 46.1 Å². The number of ether oxygens (including phenoxy) is 1. The molecule has 112 valence electrons. The summed E-state index contributed by atoms with van der Waals surface area (Å²) in [7, 11) is 0. The molecule has 0 saturated carbocycles. The van der Waals surface area contributed by atoms with Gasteiger partial charge in [0.25, 0.3) is 0 Å². The third kappa shape index (κ3) is 5.36. The van der Waals surface area contributed by atoms with Gasteiger partial charge in [0, 0.05) is 25.6 Å². The van der Waals surface area contributed by atoms with Crippen molar-refractivity contribution in [3.05, 3.63) is 11.8 Å². The molecule has 0 aromatic carbocycles. The number of carbonyl (C=O) groups is 3. The van der Waals surface area contributed by atoms with Gasteiger partial charge in [-0.25, -0.2) is 4.79 Å². The summed E-state index contributed by atoms with van der Waals surface area (Å²) in [6.45, 7) is 7.33. The van der Waals surface area contributed by atoms with Crippen molar-refractivity contribution in [3.8, 4) is 0 Å². The maximum atomic E-state index is 12.1. The molecular formula is C14H21NO4S. The van der Waals surface area contributed by atoms with Gasteiger partial charge >= 0.3 is 5.97 Å². The van der Waals surface area contributed by atoms with Crippen LogP contribution in [0.1, 0.15) is 40.5 Å². The zero-order valence-corrected chi connectivity index (χ0v) is 13.2. The van der Waals surface area contributed by atoms with Crippen LogP contribution in [0.25, 0.3) is 0 Å². The van der Waals surface area contributed by atoms with Crippen molar-refractivity contribution >= 4 is 28.8 Å². The Morgan fingerprint density at radius 3 is 2.55 bits per heavy atom. The zero-order chi connectivity index (χ0) is 15.3. The lowest BCUT2D eigenvalue weighted by molar-refractivity contribution is -0.153. The molecule has 1 rings (SSSR count). The summed E-state index contributed by atoms with van der Waals surface area (Å²) >= 11 is 1.12. The predicted octanol–water partition coefficient (Wildman–Crippen LogP) is 2.11. The van der Waals surface area contributed by atoms with Crippen LogP contribution in [0.2, 0.25) is 0 Å². The van der Waals surface area contributed by atoms with Crippen LogP contribution in [-0.2, 0) is 19.1 Å². The fourth-order valence-corrected chi connectivity index (χ4v) is 2.33. The van der Waals surface area contributed by atoms with E-state index in [-0.39, 0.29) is 17.4 Å². The Morgan fingerprint density at radius 2 is 2.00 bits per heavy atom. The lowest BCUT2D eigenvalue weighted by Gasteiger charge is -2.24. The van der Waals surface area contributed by atoms with E-state index in [1.165, 1.54) is 11.8 Å². The van der Waals surface area contributed by atoms with Crippen LogP contribution in [0.15, 0.2) is 11.8 Å². The Kier molecular flexibility index (Phi) is 5.80. The number of carbonyl (C=O) groups excluding carboxylic acids is 3. The first-order chi connectivity index (χ1) is 9.20. The van der Waals surface area contributed by atoms with Gasteiger partial charge in [-0.05, 0) is 27.2 Å². The van der Waals surface area contributed by atoms with Gasteiger partial charge in [0.2, 0.25) is 5.91 Å². The number of hydrogen-bond acceptors (Lipinski definition) is 5. The molecule has 0 aromatic heterocycles. The van der Waals surface area contributed by atoms with Crippen LogP contribution < -0.4 is 0 Å². The molecule has 5 nitrogen and oxygen atoms in total. The van der Waals surface area contributed by atoms with Gasteiger partial charge in [0.05, 0.1) is 0 Å². The Bertz CT molecular complexity index is 437. The summed E-state index contributed by atoms with van der Waals surface area (Å²) in [5.74, 6) is -0.178. The summed E-state index contributed by atoms with van der Waals surface area (Å²) in [5, 5.41) is -0.0119. The molecule has 0 unspecified atom stereocenters. The van der Waals surface area contributed by atoms with Gasteiger partial charge in [-0.1, -0.05) is 17.8 Å². The highest BCUT2D eigenvalue weighted by Crippen LogP contribution is 2.21. The number of amides is 1. The highest BCUT2D eigenvalue weighted by atomic mass is 32.2. The van der Waals surface area contributed by atoms with Crippen molar-refractivity contribution in [2.75, 3.05) is 12.3 Å². The van der Waals surface area contributed by atoms with Gasteiger partial charge in [-0.3, -0.25) is 9.59 Å². The van der Waals surface area contributed by atoms with E-state index in [4.69, 9.17) is 4.74 Å². The third-order valence-electron chi connectivity index (χ3n) is 2.51. The fourth-order valence-electron chi connectivity index (χ4n) is 1.76. The molecule has 0 radical (unpaired) electrons. The normalized spacial score (nSPS) is 15.0. The van der Waals surface area contributed by atoms with Crippen LogP contribution in [0, 0.1) is 0 Å². The summed E-state index contributed by atoms with van der Waals surface area (Å²) in [5.41, 5.74) is -0.266. The third-order valence-corrected chi connectivity index (χ3v) is 3.33. The average Bonchev–Trinajstić information content (AvgIpc) is 2.74. The molecule has 0 atom stereocenters. The number of rotatable bonds is 4. The van der Waals surface area contributed by atoms with Crippen LogP contribution in [0.4, 0.5) is 0 Å². The maximum absolute atomic E-state index is 12.1. The summed E-state index contributed by atoms with van der Waals surface area (Å²) in [6, 6.07) is 0. The fraction of sp³-hybridized carbons (Fsp3) is 0.643. The van der Waals surface area contributed by atoms with E-state index in [2.05, 4.69) is 0 Å².